The Morgan fingerprint density at radius 2 is 1.85 bits per heavy atom. The number of aromatic nitrogens is 1. The van der Waals surface area contributed by atoms with Crippen molar-refractivity contribution in [3.8, 4) is 5.69 Å². The molecule has 1 aliphatic rings. The molecular formula is C16H16FNO2. The van der Waals surface area contributed by atoms with E-state index in [9.17, 15) is 14.3 Å². The summed E-state index contributed by atoms with van der Waals surface area (Å²) in [6, 6.07) is 6.21. The minimum Gasteiger partial charge on any atom is -0.478 e. The summed E-state index contributed by atoms with van der Waals surface area (Å²) in [5.74, 6) is -1.16. The summed E-state index contributed by atoms with van der Waals surface area (Å²) in [5.41, 5.74) is 4.00. The van der Waals surface area contributed by atoms with Gasteiger partial charge >= 0.3 is 5.97 Å². The molecule has 104 valence electrons. The standard InChI is InChI=1S/C16H16FNO2/c1-10-15(16(19)20)13-4-2-3-5-14(13)18(10)12-8-6-11(17)7-9-12/h6-9H,2-5H2,1H3,(H,19,20). The van der Waals surface area contributed by atoms with Gasteiger partial charge in [0.1, 0.15) is 5.82 Å². The first-order valence-corrected chi connectivity index (χ1v) is 6.82. The number of rotatable bonds is 2. The van der Waals surface area contributed by atoms with E-state index < -0.39 is 5.97 Å². The maximum atomic E-state index is 13.1. The fourth-order valence-corrected chi connectivity index (χ4v) is 3.16. The molecule has 1 heterocycles. The van der Waals surface area contributed by atoms with Crippen LogP contribution in [-0.2, 0) is 12.8 Å². The fourth-order valence-electron chi connectivity index (χ4n) is 3.16. The quantitative estimate of drug-likeness (QED) is 0.910. The van der Waals surface area contributed by atoms with Gasteiger partial charge < -0.3 is 9.67 Å². The molecule has 0 saturated heterocycles. The van der Waals surface area contributed by atoms with Crippen LogP contribution in [0.1, 0.15) is 40.2 Å². The van der Waals surface area contributed by atoms with E-state index in [0.717, 1.165) is 48.3 Å². The minimum absolute atomic E-state index is 0.286. The topological polar surface area (TPSA) is 42.2 Å². The highest BCUT2D eigenvalue weighted by Crippen LogP contribution is 2.32. The van der Waals surface area contributed by atoms with Gasteiger partial charge in [0.2, 0.25) is 0 Å². The highest BCUT2D eigenvalue weighted by molar-refractivity contribution is 5.92. The zero-order valence-electron chi connectivity index (χ0n) is 11.3. The van der Waals surface area contributed by atoms with Gasteiger partial charge in [0, 0.05) is 17.1 Å². The van der Waals surface area contributed by atoms with Gasteiger partial charge in [-0.05, 0) is 62.4 Å². The Morgan fingerprint density at radius 1 is 1.20 bits per heavy atom. The summed E-state index contributed by atoms with van der Waals surface area (Å²) in [6.45, 7) is 1.82. The molecule has 3 nitrogen and oxygen atoms in total. The molecule has 20 heavy (non-hydrogen) atoms. The van der Waals surface area contributed by atoms with Gasteiger partial charge in [-0.25, -0.2) is 9.18 Å². The average molecular weight is 273 g/mol. The highest BCUT2D eigenvalue weighted by Gasteiger charge is 2.26. The lowest BCUT2D eigenvalue weighted by Crippen LogP contribution is -2.08. The number of nitrogens with zero attached hydrogens (tertiary/aromatic N) is 1. The number of carbonyl (C=O) groups is 1. The van der Waals surface area contributed by atoms with Gasteiger partial charge in [-0.15, -0.1) is 0 Å². The Labute approximate surface area is 116 Å². The van der Waals surface area contributed by atoms with Gasteiger partial charge in [-0.1, -0.05) is 0 Å². The van der Waals surface area contributed by atoms with Crippen LogP contribution in [0.3, 0.4) is 0 Å². The first-order valence-electron chi connectivity index (χ1n) is 6.82. The molecule has 4 heteroatoms. The molecular weight excluding hydrogens is 257 g/mol. The Hall–Kier alpha value is -2.10. The van der Waals surface area contributed by atoms with Gasteiger partial charge in [-0.3, -0.25) is 0 Å². The number of hydrogen-bond donors (Lipinski definition) is 1. The number of fused-ring (bicyclic) bond motifs is 1. The van der Waals surface area contributed by atoms with Crippen molar-refractivity contribution in [2.75, 3.05) is 0 Å². The van der Waals surface area contributed by atoms with E-state index in [2.05, 4.69) is 0 Å². The summed E-state index contributed by atoms with van der Waals surface area (Å²) >= 11 is 0. The molecule has 1 aromatic heterocycles. The van der Waals surface area contributed by atoms with E-state index >= 15 is 0 Å². The highest BCUT2D eigenvalue weighted by atomic mass is 19.1. The van der Waals surface area contributed by atoms with Crippen LogP contribution in [0.15, 0.2) is 24.3 Å². The average Bonchev–Trinajstić information content (AvgIpc) is 2.72. The van der Waals surface area contributed by atoms with E-state index in [-0.39, 0.29) is 5.82 Å². The fraction of sp³-hybridized carbons (Fsp3) is 0.312. The van der Waals surface area contributed by atoms with Crippen molar-refractivity contribution >= 4 is 5.97 Å². The van der Waals surface area contributed by atoms with E-state index in [1.54, 1.807) is 12.1 Å². The Balaban J connectivity index is 2.25. The monoisotopic (exact) mass is 273 g/mol. The van der Waals surface area contributed by atoms with Crippen LogP contribution < -0.4 is 0 Å². The van der Waals surface area contributed by atoms with Crippen LogP contribution in [0.5, 0.6) is 0 Å². The molecule has 0 unspecified atom stereocenters. The summed E-state index contributed by atoms with van der Waals surface area (Å²) in [5, 5.41) is 9.45. The van der Waals surface area contributed by atoms with Gasteiger partial charge in [-0.2, -0.15) is 0 Å². The number of benzene rings is 1. The largest absolute Gasteiger partial charge is 0.478 e. The molecule has 1 N–H and O–H groups in total. The van der Waals surface area contributed by atoms with Crippen molar-refractivity contribution in [2.45, 2.75) is 32.6 Å². The second kappa shape index (κ2) is 4.78. The lowest BCUT2D eigenvalue weighted by atomic mass is 9.94. The molecule has 0 fully saturated rings. The number of halogens is 1. The van der Waals surface area contributed by atoms with Crippen LogP contribution in [0.4, 0.5) is 4.39 Å². The minimum atomic E-state index is -0.874. The SMILES string of the molecule is Cc1c(C(=O)O)c2c(n1-c1ccc(F)cc1)CCCC2. The van der Waals surface area contributed by atoms with Crippen LogP contribution in [0, 0.1) is 12.7 Å². The van der Waals surface area contributed by atoms with Crippen LogP contribution in [-0.4, -0.2) is 15.6 Å². The van der Waals surface area contributed by atoms with Crippen molar-refractivity contribution in [2.24, 2.45) is 0 Å². The zero-order chi connectivity index (χ0) is 14.3. The van der Waals surface area contributed by atoms with Gasteiger partial charge in [0.05, 0.1) is 5.56 Å². The Kier molecular flexibility index (Phi) is 3.08. The maximum absolute atomic E-state index is 13.1. The lowest BCUT2D eigenvalue weighted by molar-refractivity contribution is 0.0695. The van der Waals surface area contributed by atoms with E-state index in [1.807, 2.05) is 11.5 Å². The third-order valence-corrected chi connectivity index (χ3v) is 4.01. The maximum Gasteiger partial charge on any atom is 0.337 e. The number of hydrogen-bond acceptors (Lipinski definition) is 1. The molecule has 2 aromatic rings. The number of carboxylic acid groups (broad SMARTS) is 1. The molecule has 0 aliphatic heterocycles. The van der Waals surface area contributed by atoms with E-state index in [1.165, 1.54) is 12.1 Å². The molecule has 3 rings (SSSR count). The van der Waals surface area contributed by atoms with Crippen LogP contribution >= 0.6 is 0 Å². The molecule has 0 radical (unpaired) electrons. The normalized spacial score (nSPS) is 14.1. The third-order valence-electron chi connectivity index (χ3n) is 4.01. The first-order chi connectivity index (χ1) is 9.59. The van der Waals surface area contributed by atoms with Crippen molar-refractivity contribution in [3.63, 3.8) is 0 Å². The van der Waals surface area contributed by atoms with E-state index in [4.69, 9.17) is 0 Å². The van der Waals surface area contributed by atoms with Gasteiger partial charge in [0.15, 0.2) is 0 Å². The molecule has 1 aromatic carbocycles. The van der Waals surface area contributed by atoms with Crippen molar-refractivity contribution in [1.29, 1.82) is 0 Å². The summed E-state index contributed by atoms with van der Waals surface area (Å²) in [4.78, 5) is 11.5. The number of carboxylic acids is 1. The Morgan fingerprint density at radius 3 is 2.50 bits per heavy atom. The van der Waals surface area contributed by atoms with Crippen molar-refractivity contribution in [1.82, 2.24) is 4.57 Å². The molecule has 0 spiro atoms. The van der Waals surface area contributed by atoms with Crippen LogP contribution in [0.25, 0.3) is 5.69 Å². The zero-order valence-corrected chi connectivity index (χ0v) is 11.3. The molecule has 0 amide bonds. The van der Waals surface area contributed by atoms with Crippen LogP contribution in [0.2, 0.25) is 0 Å². The predicted molar refractivity (Wildman–Crippen MR) is 74.1 cm³/mol. The number of aromatic carboxylic acids is 1. The van der Waals surface area contributed by atoms with Gasteiger partial charge in [0.25, 0.3) is 0 Å². The summed E-state index contributed by atoms with van der Waals surface area (Å²) < 4.78 is 15.0. The van der Waals surface area contributed by atoms with Crippen molar-refractivity contribution in [3.05, 3.63) is 52.6 Å². The second-order valence-corrected chi connectivity index (χ2v) is 5.21. The molecule has 0 bridgehead atoms. The molecule has 0 saturated carbocycles. The van der Waals surface area contributed by atoms with E-state index in [0.29, 0.717) is 5.56 Å². The molecule has 0 atom stereocenters. The lowest BCUT2D eigenvalue weighted by Gasteiger charge is -2.16. The smallest absolute Gasteiger partial charge is 0.337 e. The Bertz CT molecular complexity index is 671. The summed E-state index contributed by atoms with van der Waals surface area (Å²) in [7, 11) is 0. The third kappa shape index (κ3) is 1.92. The predicted octanol–water partition coefficient (Wildman–Crippen LogP) is 3.50. The summed E-state index contributed by atoms with van der Waals surface area (Å²) in [6.07, 6.45) is 3.78. The molecule has 1 aliphatic carbocycles. The van der Waals surface area contributed by atoms with Crippen molar-refractivity contribution < 1.29 is 14.3 Å². The second-order valence-electron chi connectivity index (χ2n) is 5.21. The first kappa shape index (κ1) is 12.9.